The van der Waals surface area contributed by atoms with Gasteiger partial charge in [-0.1, -0.05) is 48.2 Å². The highest BCUT2D eigenvalue weighted by atomic mass is 32.2. The molecule has 1 amide bonds. The number of hydrazone groups is 1. The molecular formula is C22H19F2N7OS. The average molecular weight is 468 g/mol. The van der Waals surface area contributed by atoms with Crippen molar-refractivity contribution < 1.29 is 13.6 Å². The topological polar surface area (TPSA) is 110 Å². The van der Waals surface area contributed by atoms with Crippen molar-refractivity contribution >= 4 is 45.8 Å². The third-order valence-corrected chi connectivity index (χ3v) is 5.64. The van der Waals surface area contributed by atoms with Crippen molar-refractivity contribution in [2.45, 2.75) is 12.1 Å². The van der Waals surface area contributed by atoms with Gasteiger partial charge in [-0.15, -0.1) is 10.2 Å². The zero-order valence-corrected chi connectivity index (χ0v) is 18.2. The smallest absolute Gasteiger partial charge is 0.264 e. The number of nitrogens with one attached hydrogen (secondary N) is 2. The standard InChI is InChI=1S/C22H19F2N7OS/c1-13(15-7-6-14-4-2-3-5-16(14)10-15)27-28-21-29-30-22(31(21)25)33-12-20(32)26-19-9-8-17(23)11-18(19)24/h2-11H,12,25H2,1H3,(H,26,32)(H,28,29)/b27-13+. The van der Waals surface area contributed by atoms with Crippen LogP contribution in [0.25, 0.3) is 10.8 Å². The second-order valence-corrected chi connectivity index (χ2v) is 7.95. The minimum absolute atomic E-state index is 0.106. The van der Waals surface area contributed by atoms with E-state index in [4.69, 9.17) is 5.84 Å². The maximum atomic E-state index is 13.7. The fourth-order valence-corrected chi connectivity index (χ4v) is 3.63. The zero-order valence-electron chi connectivity index (χ0n) is 17.4. The average Bonchev–Trinajstić information content (AvgIpc) is 3.16. The molecule has 11 heteroatoms. The first-order chi connectivity index (χ1) is 15.9. The van der Waals surface area contributed by atoms with Crippen molar-refractivity contribution in [1.29, 1.82) is 0 Å². The molecule has 0 aliphatic rings. The normalized spacial score (nSPS) is 11.5. The predicted octanol–water partition coefficient (Wildman–Crippen LogP) is 3.99. The molecule has 0 bridgehead atoms. The Hall–Kier alpha value is -3.99. The molecule has 4 N–H and O–H groups in total. The van der Waals surface area contributed by atoms with Crippen LogP contribution in [0.3, 0.4) is 0 Å². The van der Waals surface area contributed by atoms with Gasteiger partial charge in [0.05, 0.1) is 17.2 Å². The summed E-state index contributed by atoms with van der Waals surface area (Å²) in [6.07, 6.45) is 0. The summed E-state index contributed by atoms with van der Waals surface area (Å²) in [5.74, 6) is 3.97. The summed E-state index contributed by atoms with van der Waals surface area (Å²) >= 11 is 1.00. The number of carbonyl (C=O) groups is 1. The van der Waals surface area contributed by atoms with Crippen molar-refractivity contribution in [1.82, 2.24) is 14.9 Å². The lowest BCUT2D eigenvalue weighted by atomic mass is 10.0. The van der Waals surface area contributed by atoms with Crippen LogP contribution >= 0.6 is 11.8 Å². The van der Waals surface area contributed by atoms with Crippen molar-refractivity contribution in [3.63, 3.8) is 0 Å². The van der Waals surface area contributed by atoms with E-state index in [9.17, 15) is 13.6 Å². The van der Waals surface area contributed by atoms with Crippen LogP contribution in [-0.2, 0) is 4.79 Å². The number of fused-ring (bicyclic) bond motifs is 1. The summed E-state index contributed by atoms with van der Waals surface area (Å²) in [6, 6.07) is 17.0. The number of nitrogens with zero attached hydrogens (tertiary/aromatic N) is 4. The van der Waals surface area contributed by atoms with Gasteiger partial charge in [0.1, 0.15) is 11.6 Å². The summed E-state index contributed by atoms with van der Waals surface area (Å²) in [4.78, 5) is 12.1. The van der Waals surface area contributed by atoms with Crippen LogP contribution in [0.5, 0.6) is 0 Å². The molecular weight excluding hydrogens is 448 g/mol. The van der Waals surface area contributed by atoms with Crippen LogP contribution in [0.15, 0.2) is 70.9 Å². The molecule has 1 heterocycles. The second-order valence-electron chi connectivity index (χ2n) is 7.01. The van der Waals surface area contributed by atoms with Gasteiger partial charge in [0.25, 0.3) is 5.95 Å². The fraction of sp³-hybridized carbons (Fsp3) is 0.0909. The third kappa shape index (κ3) is 5.26. The molecule has 4 aromatic rings. The second kappa shape index (κ2) is 9.65. The van der Waals surface area contributed by atoms with E-state index in [1.807, 2.05) is 49.4 Å². The van der Waals surface area contributed by atoms with Gasteiger partial charge in [-0.2, -0.15) is 5.10 Å². The van der Waals surface area contributed by atoms with Crippen molar-refractivity contribution in [2.75, 3.05) is 22.3 Å². The van der Waals surface area contributed by atoms with Crippen molar-refractivity contribution in [3.8, 4) is 0 Å². The first-order valence-corrected chi connectivity index (χ1v) is 10.8. The Bertz CT molecular complexity index is 1360. The quantitative estimate of drug-likeness (QED) is 0.164. The van der Waals surface area contributed by atoms with Gasteiger partial charge in [0.2, 0.25) is 11.1 Å². The Morgan fingerprint density at radius 1 is 1.09 bits per heavy atom. The molecule has 0 saturated heterocycles. The molecule has 0 unspecified atom stereocenters. The molecule has 3 aromatic carbocycles. The molecule has 1 aromatic heterocycles. The molecule has 0 spiro atoms. The van der Waals surface area contributed by atoms with Gasteiger partial charge in [-0.3, -0.25) is 4.79 Å². The highest BCUT2D eigenvalue weighted by Crippen LogP contribution is 2.20. The van der Waals surface area contributed by atoms with Gasteiger partial charge in [0.15, 0.2) is 0 Å². The van der Waals surface area contributed by atoms with Crippen LogP contribution < -0.4 is 16.6 Å². The number of benzene rings is 3. The number of nitrogens with two attached hydrogens (primary N) is 1. The number of halogens is 2. The summed E-state index contributed by atoms with van der Waals surface area (Å²) in [6.45, 7) is 1.85. The number of aromatic nitrogens is 3. The van der Waals surface area contributed by atoms with E-state index < -0.39 is 17.5 Å². The van der Waals surface area contributed by atoms with E-state index in [-0.39, 0.29) is 22.5 Å². The minimum atomic E-state index is -0.860. The van der Waals surface area contributed by atoms with E-state index in [2.05, 4.69) is 26.0 Å². The molecule has 0 saturated carbocycles. The molecule has 0 atom stereocenters. The largest absolute Gasteiger partial charge is 0.334 e. The fourth-order valence-electron chi connectivity index (χ4n) is 2.97. The number of nitrogen functional groups attached to an aromatic ring is 1. The Labute approximate surface area is 191 Å². The first kappa shape index (κ1) is 22.2. The van der Waals surface area contributed by atoms with Crippen LogP contribution in [-0.4, -0.2) is 32.2 Å². The Kier molecular flexibility index (Phi) is 6.50. The number of amides is 1. The Balaban J connectivity index is 1.37. The van der Waals surface area contributed by atoms with Crippen LogP contribution in [0.1, 0.15) is 12.5 Å². The van der Waals surface area contributed by atoms with Gasteiger partial charge in [-0.25, -0.2) is 18.9 Å². The third-order valence-electron chi connectivity index (χ3n) is 4.69. The maximum Gasteiger partial charge on any atom is 0.264 e. The van der Waals surface area contributed by atoms with Gasteiger partial charge in [-0.05, 0) is 41.5 Å². The lowest BCUT2D eigenvalue weighted by Crippen LogP contribution is -2.17. The molecule has 168 valence electrons. The van der Waals surface area contributed by atoms with Crippen molar-refractivity contribution in [2.24, 2.45) is 5.10 Å². The van der Waals surface area contributed by atoms with Gasteiger partial charge in [0, 0.05) is 6.07 Å². The van der Waals surface area contributed by atoms with E-state index >= 15 is 0 Å². The summed E-state index contributed by atoms with van der Waals surface area (Å²) in [7, 11) is 0. The number of carbonyl (C=O) groups excluding carboxylic acids is 1. The molecule has 33 heavy (non-hydrogen) atoms. The minimum Gasteiger partial charge on any atom is -0.334 e. The summed E-state index contributed by atoms with van der Waals surface area (Å²) < 4.78 is 27.8. The first-order valence-electron chi connectivity index (χ1n) is 9.78. The number of thioether (sulfide) groups is 1. The zero-order chi connectivity index (χ0) is 23.4. The maximum absolute atomic E-state index is 13.7. The molecule has 4 rings (SSSR count). The monoisotopic (exact) mass is 467 g/mol. The van der Waals surface area contributed by atoms with Crippen LogP contribution in [0.4, 0.5) is 20.4 Å². The van der Waals surface area contributed by atoms with E-state index in [1.54, 1.807) is 0 Å². The Morgan fingerprint density at radius 2 is 1.88 bits per heavy atom. The number of anilines is 2. The lowest BCUT2D eigenvalue weighted by Gasteiger charge is -2.07. The Morgan fingerprint density at radius 3 is 2.67 bits per heavy atom. The van der Waals surface area contributed by atoms with E-state index in [0.717, 1.165) is 50.6 Å². The molecule has 0 fully saturated rings. The highest BCUT2D eigenvalue weighted by Gasteiger charge is 2.14. The number of hydrogen-bond acceptors (Lipinski definition) is 7. The predicted molar refractivity (Wildman–Crippen MR) is 126 cm³/mol. The van der Waals surface area contributed by atoms with Gasteiger partial charge < -0.3 is 11.2 Å². The number of hydrogen-bond donors (Lipinski definition) is 3. The van der Waals surface area contributed by atoms with E-state index in [1.165, 1.54) is 0 Å². The SMILES string of the molecule is C/C(=N\Nc1nnc(SCC(=O)Nc2ccc(F)cc2F)n1N)c1ccc2ccccc2c1. The molecule has 0 radical (unpaired) electrons. The molecule has 0 aliphatic carbocycles. The van der Waals surface area contributed by atoms with Gasteiger partial charge >= 0.3 is 0 Å². The van der Waals surface area contributed by atoms with Crippen molar-refractivity contribution in [3.05, 3.63) is 77.9 Å². The number of rotatable bonds is 7. The summed E-state index contributed by atoms with van der Waals surface area (Å²) in [5, 5.41) is 17.0. The molecule has 0 aliphatic heterocycles. The highest BCUT2D eigenvalue weighted by molar-refractivity contribution is 7.99. The van der Waals surface area contributed by atoms with Crippen LogP contribution in [0, 0.1) is 11.6 Å². The molecule has 8 nitrogen and oxygen atoms in total. The summed E-state index contributed by atoms with van der Waals surface area (Å²) in [5.41, 5.74) is 4.31. The lowest BCUT2D eigenvalue weighted by molar-refractivity contribution is -0.113. The van der Waals surface area contributed by atoms with Crippen LogP contribution in [0.2, 0.25) is 0 Å². The van der Waals surface area contributed by atoms with E-state index in [0.29, 0.717) is 6.07 Å².